The van der Waals surface area contributed by atoms with Crippen LogP contribution in [0.25, 0.3) is 0 Å². The Bertz CT molecular complexity index is 843. The second-order valence-corrected chi connectivity index (χ2v) is 6.45. The van der Waals surface area contributed by atoms with Crippen LogP contribution in [0.4, 0.5) is 11.9 Å². The minimum absolute atomic E-state index is 0.155. The third-order valence-corrected chi connectivity index (χ3v) is 4.18. The molecule has 0 aliphatic heterocycles. The average Bonchev–Trinajstić information content (AvgIpc) is 2.67. The number of aromatic hydroxyl groups is 1. The van der Waals surface area contributed by atoms with Gasteiger partial charge in [0.1, 0.15) is 5.75 Å². The third kappa shape index (κ3) is 6.42. The van der Waals surface area contributed by atoms with Crippen molar-refractivity contribution in [3.8, 4) is 5.75 Å². The molecule has 0 saturated carbocycles. The Morgan fingerprint density at radius 2 is 1.37 bits per heavy atom. The van der Waals surface area contributed by atoms with Gasteiger partial charge in [-0.15, -0.1) is 0 Å². The van der Waals surface area contributed by atoms with Gasteiger partial charge >= 0.3 is 0 Å². The fourth-order valence-corrected chi connectivity index (χ4v) is 2.79. The highest BCUT2D eigenvalue weighted by Crippen LogP contribution is 2.12. The number of aromatic nitrogens is 3. The van der Waals surface area contributed by atoms with Gasteiger partial charge in [0.25, 0.3) is 0 Å². The van der Waals surface area contributed by atoms with Crippen molar-refractivity contribution in [2.45, 2.75) is 19.3 Å². The highest BCUT2D eigenvalue weighted by molar-refractivity contribution is 6.28. The summed E-state index contributed by atoms with van der Waals surface area (Å²) < 4.78 is 0. The first-order valence-corrected chi connectivity index (χ1v) is 9.28. The van der Waals surface area contributed by atoms with Crippen molar-refractivity contribution in [2.24, 2.45) is 0 Å². The van der Waals surface area contributed by atoms with E-state index < -0.39 is 0 Å². The number of hydrogen-bond acceptors (Lipinski definition) is 6. The molecule has 3 aromatic rings. The third-order valence-electron chi connectivity index (χ3n) is 4.01. The Kier molecular flexibility index (Phi) is 6.82. The van der Waals surface area contributed by atoms with Crippen LogP contribution in [0.15, 0.2) is 54.6 Å². The van der Waals surface area contributed by atoms with E-state index in [1.165, 1.54) is 5.56 Å². The summed E-state index contributed by atoms with van der Waals surface area (Å²) in [6.45, 7) is 1.40. The van der Waals surface area contributed by atoms with Crippen LogP contribution in [0.5, 0.6) is 5.75 Å². The first-order valence-electron chi connectivity index (χ1n) is 8.90. The Morgan fingerprint density at radius 1 is 0.741 bits per heavy atom. The van der Waals surface area contributed by atoms with E-state index in [0.717, 1.165) is 31.4 Å². The Labute approximate surface area is 163 Å². The van der Waals surface area contributed by atoms with Crippen molar-refractivity contribution < 1.29 is 5.11 Å². The highest BCUT2D eigenvalue weighted by atomic mass is 35.5. The maximum Gasteiger partial charge on any atom is 0.228 e. The lowest BCUT2D eigenvalue weighted by Crippen LogP contribution is -2.12. The largest absolute Gasteiger partial charge is 0.508 e. The molecule has 3 N–H and O–H groups in total. The molecule has 2 aromatic carbocycles. The number of rotatable bonds is 9. The standard InChI is InChI=1S/C20H22ClN5O/c21-18-24-19(22-13-4-7-15-5-2-1-3-6-15)26-20(25-18)23-14-12-16-8-10-17(27)11-9-16/h1-3,5-6,8-11,27H,4,7,12-14H2,(H2,22,23,24,25,26). The Morgan fingerprint density at radius 3 is 2.07 bits per heavy atom. The Balaban J connectivity index is 1.46. The SMILES string of the molecule is Oc1ccc(CCNc2nc(Cl)nc(NCCCc3ccccc3)n2)cc1. The molecule has 7 heteroatoms. The summed E-state index contributed by atoms with van der Waals surface area (Å²) in [7, 11) is 0. The summed E-state index contributed by atoms with van der Waals surface area (Å²) >= 11 is 6.00. The van der Waals surface area contributed by atoms with Crippen molar-refractivity contribution in [1.82, 2.24) is 15.0 Å². The van der Waals surface area contributed by atoms with Gasteiger partial charge in [-0.05, 0) is 54.1 Å². The van der Waals surface area contributed by atoms with E-state index in [1.54, 1.807) is 12.1 Å². The Hall–Kier alpha value is -2.86. The van der Waals surface area contributed by atoms with E-state index in [-0.39, 0.29) is 11.0 Å². The topological polar surface area (TPSA) is 83.0 Å². The zero-order chi connectivity index (χ0) is 18.9. The van der Waals surface area contributed by atoms with Gasteiger partial charge in [0.05, 0.1) is 0 Å². The fourth-order valence-electron chi connectivity index (χ4n) is 2.63. The number of halogens is 1. The number of phenolic OH excluding ortho intramolecular Hbond substituents is 1. The number of nitrogens with zero attached hydrogens (tertiary/aromatic N) is 3. The van der Waals surface area contributed by atoms with Crippen LogP contribution in [0.2, 0.25) is 5.28 Å². The number of phenols is 1. The molecule has 6 nitrogen and oxygen atoms in total. The molecule has 140 valence electrons. The minimum atomic E-state index is 0.155. The fraction of sp³-hybridized carbons (Fsp3) is 0.250. The summed E-state index contributed by atoms with van der Waals surface area (Å²) in [5.41, 5.74) is 2.42. The monoisotopic (exact) mass is 383 g/mol. The van der Waals surface area contributed by atoms with E-state index in [1.807, 2.05) is 30.3 Å². The first kappa shape index (κ1) is 18.9. The normalized spacial score (nSPS) is 10.6. The second-order valence-electron chi connectivity index (χ2n) is 6.11. The van der Waals surface area contributed by atoms with Crippen molar-refractivity contribution in [3.63, 3.8) is 0 Å². The van der Waals surface area contributed by atoms with Crippen LogP contribution >= 0.6 is 11.6 Å². The number of anilines is 2. The van der Waals surface area contributed by atoms with E-state index in [4.69, 9.17) is 11.6 Å². The summed E-state index contributed by atoms with van der Waals surface area (Å²) in [6.07, 6.45) is 2.74. The summed E-state index contributed by atoms with van der Waals surface area (Å²) in [5.74, 6) is 1.17. The van der Waals surface area contributed by atoms with Gasteiger partial charge in [0.2, 0.25) is 17.2 Å². The summed E-state index contributed by atoms with van der Waals surface area (Å²) in [5, 5.41) is 15.8. The highest BCUT2D eigenvalue weighted by Gasteiger charge is 2.05. The molecule has 1 heterocycles. The molecule has 3 rings (SSSR count). The van der Waals surface area contributed by atoms with Crippen molar-refractivity contribution >= 4 is 23.5 Å². The van der Waals surface area contributed by atoms with Crippen molar-refractivity contribution in [3.05, 3.63) is 71.0 Å². The maximum atomic E-state index is 9.31. The van der Waals surface area contributed by atoms with Crippen LogP contribution < -0.4 is 10.6 Å². The van der Waals surface area contributed by atoms with Crippen LogP contribution in [0.1, 0.15) is 17.5 Å². The van der Waals surface area contributed by atoms with Gasteiger partial charge in [0.15, 0.2) is 0 Å². The predicted molar refractivity (Wildman–Crippen MR) is 108 cm³/mol. The van der Waals surface area contributed by atoms with Gasteiger partial charge in [-0.3, -0.25) is 0 Å². The lowest BCUT2D eigenvalue weighted by Gasteiger charge is -2.09. The molecule has 0 aliphatic rings. The molecular formula is C20H22ClN5O. The van der Waals surface area contributed by atoms with E-state index >= 15 is 0 Å². The molecule has 0 amide bonds. The summed E-state index contributed by atoms with van der Waals surface area (Å²) in [4.78, 5) is 12.6. The van der Waals surface area contributed by atoms with Gasteiger partial charge < -0.3 is 15.7 Å². The quantitative estimate of drug-likeness (QED) is 0.485. The van der Waals surface area contributed by atoms with Crippen molar-refractivity contribution in [1.29, 1.82) is 0 Å². The molecule has 0 unspecified atom stereocenters. The zero-order valence-corrected chi connectivity index (χ0v) is 15.7. The molecule has 0 saturated heterocycles. The zero-order valence-electron chi connectivity index (χ0n) is 14.9. The molecule has 0 bridgehead atoms. The molecule has 0 radical (unpaired) electrons. The predicted octanol–water partition coefficient (Wildman–Crippen LogP) is 3.93. The summed E-state index contributed by atoms with van der Waals surface area (Å²) in [6, 6.07) is 17.5. The number of benzene rings is 2. The molecule has 0 spiro atoms. The van der Waals surface area contributed by atoms with Crippen molar-refractivity contribution in [2.75, 3.05) is 23.7 Å². The molecule has 0 aliphatic carbocycles. The smallest absolute Gasteiger partial charge is 0.228 e. The van der Waals surface area contributed by atoms with Gasteiger partial charge in [-0.2, -0.15) is 15.0 Å². The van der Waals surface area contributed by atoms with Crippen LogP contribution in [0.3, 0.4) is 0 Å². The minimum Gasteiger partial charge on any atom is -0.508 e. The maximum absolute atomic E-state index is 9.31. The molecule has 1 aromatic heterocycles. The number of hydrogen-bond donors (Lipinski definition) is 3. The lowest BCUT2D eigenvalue weighted by molar-refractivity contribution is 0.475. The van der Waals surface area contributed by atoms with Gasteiger partial charge in [-0.25, -0.2) is 0 Å². The lowest BCUT2D eigenvalue weighted by atomic mass is 10.1. The molecule has 0 fully saturated rings. The van der Waals surface area contributed by atoms with Gasteiger partial charge in [0, 0.05) is 13.1 Å². The molecule has 27 heavy (non-hydrogen) atoms. The molecular weight excluding hydrogens is 362 g/mol. The van der Waals surface area contributed by atoms with E-state index in [2.05, 4.69) is 37.7 Å². The first-order chi connectivity index (χ1) is 13.2. The van der Waals surface area contributed by atoms with Gasteiger partial charge in [-0.1, -0.05) is 42.5 Å². The number of nitrogens with one attached hydrogen (secondary N) is 2. The van der Waals surface area contributed by atoms with Crippen LogP contribution in [-0.2, 0) is 12.8 Å². The average molecular weight is 384 g/mol. The van der Waals surface area contributed by atoms with Crippen LogP contribution in [-0.4, -0.2) is 33.1 Å². The molecule has 0 atom stereocenters. The number of aryl methyl sites for hydroxylation is 1. The van der Waals surface area contributed by atoms with E-state index in [0.29, 0.717) is 18.4 Å². The van der Waals surface area contributed by atoms with Crippen LogP contribution in [0, 0.1) is 0 Å². The van der Waals surface area contributed by atoms with E-state index in [9.17, 15) is 5.11 Å². The second kappa shape index (κ2) is 9.73.